The monoisotopic (exact) mass is 353 g/mol. The number of benzene rings is 2. The molecule has 5 heteroatoms. The van der Waals surface area contributed by atoms with Crippen LogP contribution in [-0.4, -0.2) is 13.2 Å². The molecule has 0 atom stereocenters. The largest absolute Gasteiger partial charge is 0.486 e. The Kier molecular flexibility index (Phi) is 4.03. The van der Waals surface area contributed by atoms with E-state index in [-0.39, 0.29) is 0 Å². The van der Waals surface area contributed by atoms with Gasteiger partial charge in [-0.15, -0.1) is 0 Å². The molecule has 0 saturated carbocycles. The first-order valence-electron chi connectivity index (χ1n) is 6.30. The van der Waals surface area contributed by atoms with Crippen LogP contribution in [0.4, 0.5) is 5.69 Å². The summed E-state index contributed by atoms with van der Waals surface area (Å²) in [6, 6.07) is 11.7. The Balaban J connectivity index is 1.76. The van der Waals surface area contributed by atoms with Gasteiger partial charge in [0.25, 0.3) is 0 Å². The Morgan fingerprint density at radius 3 is 2.85 bits per heavy atom. The highest BCUT2D eigenvalue weighted by Crippen LogP contribution is 2.38. The van der Waals surface area contributed by atoms with Crippen molar-refractivity contribution in [3.63, 3.8) is 0 Å². The molecule has 1 N–H and O–H groups in total. The van der Waals surface area contributed by atoms with Crippen LogP contribution < -0.4 is 14.8 Å². The summed E-state index contributed by atoms with van der Waals surface area (Å²) in [7, 11) is 0. The molecule has 0 spiro atoms. The molecule has 0 amide bonds. The fraction of sp³-hybridized carbons (Fsp3) is 0.200. The van der Waals surface area contributed by atoms with Gasteiger partial charge in [0.1, 0.15) is 13.2 Å². The van der Waals surface area contributed by atoms with E-state index in [0.29, 0.717) is 19.8 Å². The van der Waals surface area contributed by atoms with E-state index in [4.69, 9.17) is 21.1 Å². The van der Waals surface area contributed by atoms with Gasteiger partial charge in [-0.3, -0.25) is 0 Å². The molecule has 1 aliphatic heterocycles. The summed E-state index contributed by atoms with van der Waals surface area (Å²) in [4.78, 5) is 0. The fourth-order valence-electron chi connectivity index (χ4n) is 2.07. The summed E-state index contributed by atoms with van der Waals surface area (Å²) < 4.78 is 12.1. The third-order valence-electron chi connectivity index (χ3n) is 2.98. The van der Waals surface area contributed by atoms with E-state index in [0.717, 1.165) is 32.2 Å². The third-order valence-corrected chi connectivity index (χ3v) is 3.80. The number of ether oxygens (including phenoxy) is 2. The highest BCUT2D eigenvalue weighted by molar-refractivity contribution is 9.10. The normalized spacial score (nSPS) is 13.1. The molecule has 1 aliphatic rings. The minimum atomic E-state index is 0.588. The number of anilines is 1. The number of hydrogen-bond acceptors (Lipinski definition) is 3. The quantitative estimate of drug-likeness (QED) is 0.881. The first-order chi connectivity index (χ1) is 9.72. The van der Waals surface area contributed by atoms with Crippen molar-refractivity contribution in [3.05, 3.63) is 51.5 Å². The first kappa shape index (κ1) is 13.6. The molecule has 20 heavy (non-hydrogen) atoms. The van der Waals surface area contributed by atoms with Crippen molar-refractivity contribution < 1.29 is 9.47 Å². The molecule has 0 radical (unpaired) electrons. The Bertz CT molecular complexity index is 633. The molecule has 104 valence electrons. The molecule has 0 aromatic heterocycles. The van der Waals surface area contributed by atoms with Gasteiger partial charge in [0, 0.05) is 17.3 Å². The molecule has 3 nitrogen and oxygen atoms in total. The zero-order valence-corrected chi connectivity index (χ0v) is 13.0. The molecule has 2 aromatic rings. The second kappa shape index (κ2) is 5.94. The number of nitrogens with one attached hydrogen (secondary N) is 1. The Morgan fingerprint density at radius 1 is 1.15 bits per heavy atom. The van der Waals surface area contributed by atoms with Crippen LogP contribution in [0, 0.1) is 0 Å². The van der Waals surface area contributed by atoms with Crippen molar-refractivity contribution in [2.45, 2.75) is 6.54 Å². The van der Waals surface area contributed by atoms with Gasteiger partial charge in [0.2, 0.25) is 0 Å². The maximum atomic E-state index is 5.96. The molecule has 0 bridgehead atoms. The van der Waals surface area contributed by atoms with Crippen LogP contribution in [0.25, 0.3) is 0 Å². The molecular weight excluding hydrogens is 342 g/mol. The molecule has 0 fully saturated rings. The van der Waals surface area contributed by atoms with Crippen molar-refractivity contribution in [3.8, 4) is 11.5 Å². The second-order valence-corrected chi connectivity index (χ2v) is 5.76. The van der Waals surface area contributed by atoms with E-state index in [2.05, 4.69) is 21.2 Å². The SMILES string of the molecule is Clc1cccc(NCc2cc(Br)c3c(c2)OCCO3)c1. The Hall–Kier alpha value is -1.39. The predicted molar refractivity (Wildman–Crippen MR) is 83.9 cm³/mol. The van der Waals surface area contributed by atoms with E-state index in [1.54, 1.807) is 0 Å². The van der Waals surface area contributed by atoms with Crippen LogP contribution in [-0.2, 0) is 6.54 Å². The van der Waals surface area contributed by atoms with E-state index < -0.39 is 0 Å². The van der Waals surface area contributed by atoms with Crippen LogP contribution >= 0.6 is 27.5 Å². The highest BCUT2D eigenvalue weighted by atomic mass is 79.9. The maximum Gasteiger partial charge on any atom is 0.175 e. The molecule has 3 rings (SSSR count). The lowest BCUT2D eigenvalue weighted by atomic mass is 10.2. The van der Waals surface area contributed by atoms with Crippen LogP contribution in [0.15, 0.2) is 40.9 Å². The van der Waals surface area contributed by atoms with Gasteiger partial charge in [-0.25, -0.2) is 0 Å². The van der Waals surface area contributed by atoms with Gasteiger partial charge in [-0.1, -0.05) is 17.7 Å². The Morgan fingerprint density at radius 2 is 2.00 bits per heavy atom. The number of hydrogen-bond donors (Lipinski definition) is 1. The molecule has 2 aromatic carbocycles. The van der Waals surface area contributed by atoms with Crippen LogP contribution in [0.1, 0.15) is 5.56 Å². The number of fused-ring (bicyclic) bond motifs is 1. The Labute approximate surface area is 131 Å². The van der Waals surface area contributed by atoms with E-state index in [9.17, 15) is 0 Å². The zero-order valence-electron chi connectivity index (χ0n) is 10.7. The van der Waals surface area contributed by atoms with E-state index in [1.165, 1.54) is 0 Å². The lowest BCUT2D eigenvalue weighted by Gasteiger charge is -2.20. The number of halogens is 2. The van der Waals surface area contributed by atoms with Gasteiger partial charge >= 0.3 is 0 Å². The lowest BCUT2D eigenvalue weighted by Crippen LogP contribution is -2.16. The summed E-state index contributed by atoms with van der Waals surface area (Å²) >= 11 is 9.48. The minimum Gasteiger partial charge on any atom is -0.486 e. The van der Waals surface area contributed by atoms with Gasteiger partial charge in [0.05, 0.1) is 4.47 Å². The van der Waals surface area contributed by atoms with Crippen molar-refractivity contribution >= 4 is 33.2 Å². The number of rotatable bonds is 3. The van der Waals surface area contributed by atoms with Gasteiger partial charge in [-0.05, 0) is 51.8 Å². The van der Waals surface area contributed by atoms with Crippen LogP contribution in [0.3, 0.4) is 0 Å². The fourth-order valence-corrected chi connectivity index (χ4v) is 2.86. The van der Waals surface area contributed by atoms with E-state index in [1.807, 2.05) is 36.4 Å². The van der Waals surface area contributed by atoms with E-state index >= 15 is 0 Å². The summed E-state index contributed by atoms with van der Waals surface area (Å²) in [5, 5.41) is 4.05. The summed E-state index contributed by atoms with van der Waals surface area (Å²) in [6.45, 7) is 1.87. The predicted octanol–water partition coefficient (Wildman–Crippen LogP) is 4.49. The standard InChI is InChI=1S/C15H13BrClNO2/c16-13-6-10(7-14-15(13)20-5-4-19-14)9-18-12-3-1-2-11(17)8-12/h1-3,6-8,18H,4-5,9H2. The van der Waals surface area contributed by atoms with Crippen molar-refractivity contribution in [1.29, 1.82) is 0 Å². The van der Waals surface area contributed by atoms with Gasteiger partial charge < -0.3 is 14.8 Å². The smallest absolute Gasteiger partial charge is 0.175 e. The first-order valence-corrected chi connectivity index (χ1v) is 7.47. The van der Waals surface area contributed by atoms with Crippen molar-refractivity contribution in [2.75, 3.05) is 18.5 Å². The minimum absolute atomic E-state index is 0.588. The third kappa shape index (κ3) is 3.02. The summed E-state index contributed by atoms with van der Waals surface area (Å²) in [5.41, 5.74) is 2.10. The summed E-state index contributed by atoms with van der Waals surface area (Å²) in [6.07, 6.45) is 0. The molecule has 0 unspecified atom stereocenters. The van der Waals surface area contributed by atoms with Crippen molar-refractivity contribution in [1.82, 2.24) is 0 Å². The van der Waals surface area contributed by atoms with Crippen LogP contribution in [0.2, 0.25) is 5.02 Å². The molecular formula is C15H13BrClNO2. The molecule has 0 aliphatic carbocycles. The summed E-state index contributed by atoms with van der Waals surface area (Å²) in [5.74, 6) is 1.57. The topological polar surface area (TPSA) is 30.5 Å². The van der Waals surface area contributed by atoms with Crippen molar-refractivity contribution in [2.24, 2.45) is 0 Å². The molecule has 1 heterocycles. The zero-order chi connectivity index (χ0) is 13.9. The van der Waals surface area contributed by atoms with Gasteiger partial charge in [-0.2, -0.15) is 0 Å². The average molecular weight is 355 g/mol. The van der Waals surface area contributed by atoms with Crippen LogP contribution in [0.5, 0.6) is 11.5 Å². The van der Waals surface area contributed by atoms with Gasteiger partial charge in [0.15, 0.2) is 11.5 Å². The average Bonchev–Trinajstić information content (AvgIpc) is 2.45. The lowest BCUT2D eigenvalue weighted by molar-refractivity contribution is 0.170. The maximum absolute atomic E-state index is 5.96. The second-order valence-electron chi connectivity index (χ2n) is 4.47. The highest BCUT2D eigenvalue weighted by Gasteiger charge is 2.16. The molecule has 0 saturated heterocycles.